The maximum atomic E-state index is 12.8. The lowest BCUT2D eigenvalue weighted by Crippen LogP contribution is -2.43. The Morgan fingerprint density at radius 2 is 1.25 bits per heavy atom. The number of rotatable bonds is 6. The number of hydrogen-bond acceptors (Lipinski definition) is 1. The highest BCUT2D eigenvalue weighted by molar-refractivity contribution is 5.77. The van der Waals surface area contributed by atoms with Gasteiger partial charge < -0.3 is 9.80 Å². The molecule has 1 aliphatic rings. The van der Waals surface area contributed by atoms with Crippen molar-refractivity contribution in [2.45, 2.75) is 38.8 Å². The number of carbonyl (C=O) groups excluding carboxylic acids is 1. The molecule has 0 unspecified atom stereocenters. The van der Waals surface area contributed by atoms with Crippen LogP contribution in [0.15, 0.2) is 60.7 Å². The molecule has 0 N–H and O–H groups in total. The molecule has 0 saturated carbocycles. The monoisotopic (exact) mass is 322 g/mol. The van der Waals surface area contributed by atoms with E-state index in [1.54, 1.807) is 0 Å². The summed E-state index contributed by atoms with van der Waals surface area (Å²) in [4.78, 5) is 16.9. The van der Waals surface area contributed by atoms with Gasteiger partial charge >= 0.3 is 6.03 Å². The first kappa shape index (κ1) is 16.6. The number of hydrogen-bond donors (Lipinski definition) is 0. The molecule has 3 nitrogen and oxygen atoms in total. The summed E-state index contributed by atoms with van der Waals surface area (Å²) in [6, 6.07) is 21.6. The average molecular weight is 322 g/mol. The molecule has 24 heavy (non-hydrogen) atoms. The van der Waals surface area contributed by atoms with Crippen LogP contribution in [0.2, 0.25) is 0 Å². The van der Waals surface area contributed by atoms with E-state index in [9.17, 15) is 4.79 Å². The van der Waals surface area contributed by atoms with Gasteiger partial charge in [-0.3, -0.25) is 0 Å². The Bertz CT molecular complexity index is 613. The Kier molecular flexibility index (Phi) is 5.19. The van der Waals surface area contributed by atoms with Crippen molar-refractivity contribution in [2.24, 2.45) is 0 Å². The molecule has 1 saturated heterocycles. The van der Waals surface area contributed by atoms with Crippen LogP contribution in [0, 0.1) is 0 Å². The van der Waals surface area contributed by atoms with Crippen LogP contribution in [0.4, 0.5) is 4.79 Å². The minimum atomic E-state index is 0.182. The van der Waals surface area contributed by atoms with E-state index in [1.165, 1.54) is 11.1 Å². The van der Waals surface area contributed by atoms with Crippen molar-refractivity contribution in [1.82, 2.24) is 9.80 Å². The van der Waals surface area contributed by atoms with Gasteiger partial charge in [0.25, 0.3) is 0 Å². The maximum Gasteiger partial charge on any atom is 0.320 e. The van der Waals surface area contributed by atoms with E-state index >= 15 is 0 Å². The molecule has 126 valence electrons. The summed E-state index contributed by atoms with van der Waals surface area (Å²) in [6.45, 7) is 5.83. The molecule has 1 fully saturated rings. The van der Waals surface area contributed by atoms with Gasteiger partial charge in [0.15, 0.2) is 0 Å². The van der Waals surface area contributed by atoms with Gasteiger partial charge in [0.2, 0.25) is 0 Å². The van der Waals surface area contributed by atoms with E-state index < -0.39 is 0 Å². The summed E-state index contributed by atoms with van der Waals surface area (Å²) in [6.07, 6.45) is 1.79. The molecule has 0 spiro atoms. The molecule has 3 heteroatoms. The van der Waals surface area contributed by atoms with E-state index in [1.807, 2.05) is 17.0 Å². The first-order valence-electron chi connectivity index (χ1n) is 8.80. The van der Waals surface area contributed by atoms with Gasteiger partial charge in [0.1, 0.15) is 0 Å². The lowest BCUT2D eigenvalue weighted by molar-refractivity contribution is 0.169. The van der Waals surface area contributed by atoms with Crippen LogP contribution in [-0.4, -0.2) is 41.0 Å². The molecule has 1 aliphatic heterocycles. The second kappa shape index (κ2) is 7.52. The van der Waals surface area contributed by atoms with E-state index in [0.717, 1.165) is 25.9 Å². The Hall–Kier alpha value is -2.29. The highest BCUT2D eigenvalue weighted by Gasteiger charge is 2.34. The fourth-order valence-electron chi connectivity index (χ4n) is 3.45. The lowest BCUT2D eigenvalue weighted by Gasteiger charge is -2.29. The molecule has 0 aliphatic carbocycles. The molecule has 2 aromatic carbocycles. The molecule has 2 amide bonds. The zero-order chi connectivity index (χ0) is 16.9. The number of nitrogens with zero attached hydrogens (tertiary/aromatic N) is 2. The van der Waals surface area contributed by atoms with Crippen molar-refractivity contribution in [3.05, 3.63) is 71.8 Å². The quantitative estimate of drug-likeness (QED) is 0.789. The normalized spacial score (nSPS) is 14.9. The zero-order valence-electron chi connectivity index (χ0n) is 14.6. The predicted molar refractivity (Wildman–Crippen MR) is 98.0 cm³/mol. The minimum absolute atomic E-state index is 0.182. The maximum absolute atomic E-state index is 12.8. The molecule has 3 rings (SSSR count). The third kappa shape index (κ3) is 3.78. The Balaban J connectivity index is 1.80. The first-order chi connectivity index (χ1) is 11.6. The smallest absolute Gasteiger partial charge is 0.320 e. The van der Waals surface area contributed by atoms with Crippen molar-refractivity contribution in [1.29, 1.82) is 0 Å². The molecule has 2 aromatic rings. The van der Waals surface area contributed by atoms with Crippen LogP contribution in [-0.2, 0) is 12.8 Å². The van der Waals surface area contributed by atoms with Crippen LogP contribution in [0.25, 0.3) is 0 Å². The fraction of sp³-hybridized carbons (Fsp3) is 0.381. The second-order valence-corrected chi connectivity index (χ2v) is 6.80. The Morgan fingerprint density at radius 3 is 1.67 bits per heavy atom. The summed E-state index contributed by atoms with van der Waals surface area (Å²) in [5.74, 6) is 0. The second-order valence-electron chi connectivity index (χ2n) is 6.80. The average Bonchev–Trinajstić information content (AvgIpc) is 2.98. The van der Waals surface area contributed by atoms with Crippen LogP contribution < -0.4 is 0 Å². The van der Waals surface area contributed by atoms with Crippen molar-refractivity contribution in [3.63, 3.8) is 0 Å². The molecular formula is C21H26N2O. The zero-order valence-corrected chi connectivity index (χ0v) is 14.6. The molecule has 0 atom stereocenters. The van der Waals surface area contributed by atoms with Crippen molar-refractivity contribution >= 4 is 6.03 Å². The number of urea groups is 1. The highest BCUT2D eigenvalue weighted by atomic mass is 16.2. The largest absolute Gasteiger partial charge is 0.320 e. The van der Waals surface area contributed by atoms with E-state index in [2.05, 4.69) is 67.3 Å². The van der Waals surface area contributed by atoms with Gasteiger partial charge in [-0.1, -0.05) is 60.7 Å². The fourth-order valence-corrected chi connectivity index (χ4v) is 3.45. The molecule has 1 heterocycles. The summed E-state index contributed by atoms with van der Waals surface area (Å²) in [5.41, 5.74) is 2.57. The summed E-state index contributed by atoms with van der Waals surface area (Å²) < 4.78 is 0. The van der Waals surface area contributed by atoms with E-state index in [-0.39, 0.29) is 18.1 Å². The van der Waals surface area contributed by atoms with Crippen LogP contribution in [0.1, 0.15) is 25.0 Å². The van der Waals surface area contributed by atoms with Gasteiger partial charge in [-0.05, 0) is 37.8 Å². The standard InChI is InChI=1S/C21H26N2O/c1-17(2)22-13-14-23(21(22)24)20(15-18-9-5-3-6-10-18)16-19-11-7-4-8-12-19/h3-12,17,20H,13-16H2,1-2H3. The van der Waals surface area contributed by atoms with E-state index in [0.29, 0.717) is 0 Å². The van der Waals surface area contributed by atoms with Crippen molar-refractivity contribution < 1.29 is 4.79 Å². The van der Waals surface area contributed by atoms with Gasteiger partial charge in [0, 0.05) is 25.2 Å². The van der Waals surface area contributed by atoms with Gasteiger partial charge in [-0.2, -0.15) is 0 Å². The minimum Gasteiger partial charge on any atom is -0.320 e. The third-order valence-corrected chi connectivity index (χ3v) is 4.77. The third-order valence-electron chi connectivity index (χ3n) is 4.77. The Labute approximate surface area is 144 Å². The topological polar surface area (TPSA) is 23.6 Å². The molecule has 0 radical (unpaired) electrons. The van der Waals surface area contributed by atoms with Crippen LogP contribution >= 0.6 is 0 Å². The Morgan fingerprint density at radius 1 is 0.792 bits per heavy atom. The molecule has 0 bridgehead atoms. The van der Waals surface area contributed by atoms with E-state index in [4.69, 9.17) is 0 Å². The first-order valence-corrected chi connectivity index (χ1v) is 8.80. The number of benzene rings is 2. The summed E-state index contributed by atoms with van der Waals surface area (Å²) in [5, 5.41) is 0. The van der Waals surface area contributed by atoms with Crippen molar-refractivity contribution in [2.75, 3.05) is 13.1 Å². The highest BCUT2D eigenvalue weighted by Crippen LogP contribution is 2.21. The number of amides is 2. The summed E-state index contributed by atoms with van der Waals surface area (Å²) >= 11 is 0. The molecular weight excluding hydrogens is 296 g/mol. The molecule has 0 aromatic heterocycles. The van der Waals surface area contributed by atoms with Crippen LogP contribution in [0.3, 0.4) is 0 Å². The number of carbonyl (C=O) groups is 1. The van der Waals surface area contributed by atoms with Crippen LogP contribution in [0.5, 0.6) is 0 Å². The lowest BCUT2D eigenvalue weighted by atomic mass is 9.98. The van der Waals surface area contributed by atoms with Gasteiger partial charge in [-0.25, -0.2) is 4.79 Å². The predicted octanol–water partition coefficient (Wildman–Crippen LogP) is 3.99. The van der Waals surface area contributed by atoms with Crippen molar-refractivity contribution in [3.8, 4) is 0 Å². The van der Waals surface area contributed by atoms with Gasteiger partial charge in [-0.15, -0.1) is 0 Å². The van der Waals surface area contributed by atoms with Gasteiger partial charge in [0.05, 0.1) is 0 Å². The summed E-state index contributed by atoms with van der Waals surface area (Å²) in [7, 11) is 0. The SMILES string of the molecule is CC(C)N1CCN(C(Cc2ccccc2)Cc2ccccc2)C1=O.